The van der Waals surface area contributed by atoms with Gasteiger partial charge in [-0.15, -0.1) is 0 Å². The Bertz CT molecular complexity index is 1340. The predicted octanol–water partition coefficient (Wildman–Crippen LogP) is 5.25. The normalized spacial score (nSPS) is 28.4. The van der Waals surface area contributed by atoms with Crippen LogP contribution >= 0.6 is 11.6 Å². The highest BCUT2D eigenvalue weighted by Gasteiger charge is 2.37. The van der Waals surface area contributed by atoms with E-state index < -0.39 is 27.3 Å². The van der Waals surface area contributed by atoms with Crippen LogP contribution < -0.4 is 14.4 Å². The van der Waals surface area contributed by atoms with Crippen molar-refractivity contribution in [3.63, 3.8) is 0 Å². The summed E-state index contributed by atoms with van der Waals surface area (Å²) in [7, 11) is -3.88. The van der Waals surface area contributed by atoms with E-state index >= 15 is 0 Å². The molecular weight excluding hydrogens is 536 g/mol. The van der Waals surface area contributed by atoms with Crippen molar-refractivity contribution >= 4 is 33.2 Å². The minimum atomic E-state index is -3.88. The quantitative estimate of drug-likeness (QED) is 0.419. The number of hydrogen-bond donors (Lipinski definition) is 2. The molecule has 2 aromatic rings. The first kappa shape index (κ1) is 28.0. The number of nitrogens with zero attached hydrogens (tertiary/aromatic N) is 1. The van der Waals surface area contributed by atoms with Crippen molar-refractivity contribution in [3.05, 3.63) is 70.3 Å². The van der Waals surface area contributed by atoms with Gasteiger partial charge >= 0.3 is 0 Å². The number of hydrogen-bond acceptors (Lipinski definition) is 6. The van der Waals surface area contributed by atoms with Crippen LogP contribution in [-0.2, 0) is 23.1 Å². The van der Waals surface area contributed by atoms with Crippen LogP contribution in [0, 0.1) is 11.8 Å². The molecule has 210 valence electrons. The van der Waals surface area contributed by atoms with Gasteiger partial charge in [0.15, 0.2) is 0 Å². The van der Waals surface area contributed by atoms with Gasteiger partial charge in [-0.05, 0) is 105 Å². The molecule has 7 nitrogen and oxygen atoms in total. The zero-order chi connectivity index (χ0) is 27.6. The molecule has 1 saturated carbocycles. The number of ether oxygens (including phenoxy) is 1. The van der Waals surface area contributed by atoms with E-state index in [1.54, 1.807) is 31.2 Å². The van der Waals surface area contributed by atoms with Crippen LogP contribution in [0.4, 0.5) is 5.69 Å². The van der Waals surface area contributed by atoms with E-state index in [9.17, 15) is 18.3 Å². The number of aliphatic hydroxyl groups is 1. The fourth-order valence-corrected chi connectivity index (χ4v) is 6.94. The zero-order valence-corrected chi connectivity index (χ0v) is 23.9. The molecule has 0 saturated heterocycles. The van der Waals surface area contributed by atoms with Crippen LogP contribution in [0.2, 0.25) is 5.02 Å². The number of allylic oxidation sites excluding steroid dienone is 1. The first-order valence-electron chi connectivity index (χ1n) is 13.9. The van der Waals surface area contributed by atoms with E-state index in [2.05, 4.69) is 9.62 Å². The molecule has 2 aromatic carbocycles. The van der Waals surface area contributed by atoms with E-state index in [0.717, 1.165) is 56.4 Å². The number of aliphatic hydroxyl groups excluding tert-OH is 1. The summed E-state index contributed by atoms with van der Waals surface area (Å²) in [6.45, 7) is 3.44. The summed E-state index contributed by atoms with van der Waals surface area (Å²) in [6.07, 6.45) is 8.75. The number of carbonyl (C=O) groups is 1. The summed E-state index contributed by atoms with van der Waals surface area (Å²) < 4.78 is 34.4. The molecule has 1 amide bonds. The Balaban J connectivity index is 1.53. The predicted molar refractivity (Wildman–Crippen MR) is 154 cm³/mol. The first-order chi connectivity index (χ1) is 18.7. The molecule has 9 heteroatoms. The van der Waals surface area contributed by atoms with Crippen molar-refractivity contribution in [1.29, 1.82) is 0 Å². The van der Waals surface area contributed by atoms with Gasteiger partial charge in [0.1, 0.15) is 12.4 Å². The average molecular weight is 573 g/mol. The molecule has 2 bridgehead atoms. The molecule has 2 heterocycles. The van der Waals surface area contributed by atoms with Gasteiger partial charge in [0.2, 0.25) is 10.0 Å². The summed E-state index contributed by atoms with van der Waals surface area (Å²) in [5, 5.41) is 10.9. The van der Waals surface area contributed by atoms with Gasteiger partial charge in [-0.2, -0.15) is 0 Å². The van der Waals surface area contributed by atoms with Crippen LogP contribution in [0.5, 0.6) is 5.75 Å². The van der Waals surface area contributed by atoms with E-state index in [4.69, 9.17) is 16.3 Å². The first-order valence-corrected chi connectivity index (χ1v) is 15.8. The Labute approximate surface area is 236 Å². The second-order valence-electron chi connectivity index (χ2n) is 11.1. The third-order valence-electron chi connectivity index (χ3n) is 8.44. The lowest BCUT2D eigenvalue weighted by molar-refractivity contribution is 0.0180. The summed E-state index contributed by atoms with van der Waals surface area (Å²) in [6, 6.07) is 11.0. The topological polar surface area (TPSA) is 95.9 Å². The number of fused-ring (bicyclic) bond motifs is 3. The van der Waals surface area contributed by atoms with Crippen molar-refractivity contribution < 1.29 is 23.1 Å². The molecule has 4 atom stereocenters. The van der Waals surface area contributed by atoms with Crippen molar-refractivity contribution in [1.82, 2.24) is 4.72 Å². The van der Waals surface area contributed by atoms with Gasteiger partial charge in [0.05, 0.1) is 17.0 Å². The van der Waals surface area contributed by atoms with Crippen molar-refractivity contribution in [3.8, 4) is 5.75 Å². The lowest BCUT2D eigenvalue weighted by atomic mass is 9.69. The SMILES string of the molecule is C[C@H]1C/C=C\C[C@H](O)[C@@H]2CC[C@H]2CN2CCCCc3cc(Cl)ccc3COc3ccc(cc32)C(=O)NS1(=O)=O. The van der Waals surface area contributed by atoms with Crippen molar-refractivity contribution in [2.24, 2.45) is 11.8 Å². The third-order valence-corrected chi connectivity index (χ3v) is 10.4. The van der Waals surface area contributed by atoms with Gasteiger partial charge in [0, 0.05) is 23.7 Å². The zero-order valence-electron chi connectivity index (χ0n) is 22.3. The van der Waals surface area contributed by atoms with Crippen LogP contribution in [0.15, 0.2) is 48.6 Å². The number of sulfonamides is 1. The lowest BCUT2D eigenvalue weighted by Gasteiger charge is -2.43. The fraction of sp³-hybridized carbons (Fsp3) is 0.500. The summed E-state index contributed by atoms with van der Waals surface area (Å²) in [4.78, 5) is 15.4. The number of amides is 1. The highest BCUT2D eigenvalue weighted by molar-refractivity contribution is 7.90. The lowest BCUT2D eigenvalue weighted by Crippen LogP contribution is -2.43. The maximum Gasteiger partial charge on any atom is 0.264 e. The number of nitrogens with one attached hydrogen (secondary N) is 1. The molecule has 3 aliphatic rings. The number of aryl methyl sites for hydroxylation is 1. The Kier molecular flexibility index (Phi) is 8.55. The van der Waals surface area contributed by atoms with Crippen molar-refractivity contribution in [2.45, 2.75) is 69.8 Å². The minimum Gasteiger partial charge on any atom is -0.487 e. The number of benzene rings is 2. The second kappa shape index (κ2) is 11.9. The maximum atomic E-state index is 13.1. The smallest absolute Gasteiger partial charge is 0.264 e. The molecule has 0 radical (unpaired) electrons. The van der Waals surface area contributed by atoms with Gasteiger partial charge in [-0.25, -0.2) is 13.1 Å². The Morgan fingerprint density at radius 1 is 1.05 bits per heavy atom. The number of anilines is 1. The number of rotatable bonds is 0. The van der Waals surface area contributed by atoms with Crippen molar-refractivity contribution in [2.75, 3.05) is 18.0 Å². The second-order valence-corrected chi connectivity index (χ2v) is 13.6. The monoisotopic (exact) mass is 572 g/mol. The molecule has 0 aromatic heterocycles. The number of carbonyl (C=O) groups excluding carboxylic acids is 1. The van der Waals surface area contributed by atoms with Gasteiger partial charge in [0.25, 0.3) is 5.91 Å². The highest BCUT2D eigenvalue weighted by atomic mass is 35.5. The third kappa shape index (κ3) is 6.44. The van der Waals surface area contributed by atoms with Crippen LogP contribution in [-0.4, -0.2) is 43.9 Å². The molecule has 0 unspecified atom stereocenters. The average Bonchev–Trinajstić information content (AvgIpc) is 2.91. The van der Waals surface area contributed by atoms with E-state index in [0.29, 0.717) is 29.7 Å². The molecule has 39 heavy (non-hydrogen) atoms. The molecule has 1 aliphatic carbocycles. The van der Waals surface area contributed by atoms with Crippen LogP contribution in [0.1, 0.15) is 66.9 Å². The van der Waals surface area contributed by atoms with E-state index in [1.807, 2.05) is 24.3 Å². The Hall–Kier alpha value is -2.55. The van der Waals surface area contributed by atoms with Gasteiger partial charge in [-0.1, -0.05) is 29.8 Å². The van der Waals surface area contributed by atoms with Crippen LogP contribution in [0.3, 0.4) is 0 Å². The molecule has 2 N–H and O–H groups in total. The summed E-state index contributed by atoms with van der Waals surface area (Å²) >= 11 is 6.28. The molecule has 0 spiro atoms. The fourth-order valence-electron chi connectivity index (χ4n) is 5.80. The van der Waals surface area contributed by atoms with E-state index in [1.165, 1.54) is 5.56 Å². The molecule has 1 fully saturated rings. The Morgan fingerprint density at radius 2 is 1.87 bits per heavy atom. The van der Waals surface area contributed by atoms with E-state index in [-0.39, 0.29) is 17.9 Å². The summed E-state index contributed by atoms with van der Waals surface area (Å²) in [5.74, 6) is 0.509. The largest absolute Gasteiger partial charge is 0.487 e. The molecule has 5 rings (SSSR count). The minimum absolute atomic E-state index is 0.184. The molecular formula is C30H37ClN2O5S. The summed E-state index contributed by atoms with van der Waals surface area (Å²) in [5.41, 5.74) is 3.30. The maximum absolute atomic E-state index is 13.1. The van der Waals surface area contributed by atoms with Gasteiger partial charge in [-0.3, -0.25) is 4.79 Å². The molecule has 2 aliphatic heterocycles. The highest BCUT2D eigenvalue weighted by Crippen LogP contribution is 2.41. The standard InChI is InChI=1S/C30H37ClN2O5S/c1-20-6-2-3-8-28(34)26-13-10-23(26)18-33-15-5-4-7-21-16-25(31)12-9-24(21)19-38-29-14-11-22(17-27(29)33)30(35)32-39(20,36)37/h2-3,9,11-12,14,16-17,20,23,26,28,34H,4-8,10,13,15,18-19H2,1H3,(H,32,35)/b3-2-/t20-,23-,26+,28-/m0/s1. The van der Waals surface area contributed by atoms with Crippen LogP contribution in [0.25, 0.3) is 0 Å². The number of halogens is 1. The van der Waals surface area contributed by atoms with Gasteiger partial charge < -0.3 is 14.7 Å². The Morgan fingerprint density at radius 3 is 2.67 bits per heavy atom.